The van der Waals surface area contributed by atoms with Crippen LogP contribution in [0.15, 0.2) is 54.7 Å². The third-order valence-electron chi connectivity index (χ3n) is 6.32. The molecule has 3 heterocycles. The van der Waals surface area contributed by atoms with Gasteiger partial charge in [0.2, 0.25) is 5.95 Å². The molecule has 2 aliphatic heterocycles. The van der Waals surface area contributed by atoms with Gasteiger partial charge in [-0.25, -0.2) is 4.98 Å². The van der Waals surface area contributed by atoms with Gasteiger partial charge in [-0.1, -0.05) is 17.7 Å². The van der Waals surface area contributed by atoms with Crippen molar-refractivity contribution in [1.29, 1.82) is 0 Å². The van der Waals surface area contributed by atoms with Crippen LogP contribution < -0.4 is 20.0 Å². The molecule has 0 unspecified atom stereocenters. The molecule has 3 aromatic rings. The number of morpholine rings is 2. The fourth-order valence-corrected chi connectivity index (χ4v) is 4.30. The minimum absolute atomic E-state index is 0.573. The van der Waals surface area contributed by atoms with E-state index in [9.17, 15) is 0 Å². The molecule has 0 spiro atoms. The van der Waals surface area contributed by atoms with Crippen molar-refractivity contribution in [3.63, 3.8) is 0 Å². The van der Waals surface area contributed by atoms with Gasteiger partial charge < -0.3 is 29.5 Å². The van der Waals surface area contributed by atoms with Gasteiger partial charge in [0.05, 0.1) is 26.4 Å². The van der Waals surface area contributed by atoms with E-state index in [1.54, 1.807) is 6.20 Å². The summed E-state index contributed by atoms with van der Waals surface area (Å²) in [5, 5.41) is 3.45. The molecule has 2 saturated heterocycles. The predicted molar refractivity (Wildman–Crippen MR) is 137 cm³/mol. The second-order valence-electron chi connectivity index (χ2n) is 8.69. The van der Waals surface area contributed by atoms with Crippen LogP contribution in [-0.4, -0.2) is 69.6 Å². The van der Waals surface area contributed by atoms with Crippen molar-refractivity contribution in [2.24, 2.45) is 0 Å². The maximum Gasteiger partial charge on any atom is 0.229 e. The van der Waals surface area contributed by atoms with E-state index < -0.39 is 0 Å². The van der Waals surface area contributed by atoms with Crippen molar-refractivity contribution in [2.45, 2.75) is 6.92 Å². The number of benzene rings is 2. The zero-order valence-corrected chi connectivity index (χ0v) is 19.9. The van der Waals surface area contributed by atoms with E-state index in [0.29, 0.717) is 5.95 Å². The molecule has 0 saturated carbocycles. The molecule has 0 aliphatic carbocycles. The molecule has 0 atom stereocenters. The number of aryl methyl sites for hydroxylation is 1. The second-order valence-corrected chi connectivity index (χ2v) is 8.69. The standard InChI is InChI=1S/C26H32N6O2/c1-20-3-5-22(6-4-20)30(2)25-7-8-27-26(29-25)28-21-17-23(31-9-13-33-14-10-31)19-24(18-21)32-11-15-34-16-12-32/h3-8,17-19H,9-16H2,1-2H3,(H,27,28,29). The zero-order chi connectivity index (χ0) is 23.3. The van der Waals surface area contributed by atoms with Crippen LogP contribution in [0.4, 0.5) is 34.5 Å². The van der Waals surface area contributed by atoms with Crippen LogP contribution in [0.2, 0.25) is 0 Å². The van der Waals surface area contributed by atoms with Crippen molar-refractivity contribution < 1.29 is 9.47 Å². The fourth-order valence-electron chi connectivity index (χ4n) is 4.30. The lowest BCUT2D eigenvalue weighted by molar-refractivity contribution is 0.122. The Morgan fingerprint density at radius 1 is 0.824 bits per heavy atom. The summed E-state index contributed by atoms with van der Waals surface area (Å²) < 4.78 is 11.1. The van der Waals surface area contributed by atoms with E-state index in [-0.39, 0.29) is 0 Å². The Morgan fingerprint density at radius 3 is 2.00 bits per heavy atom. The van der Waals surface area contributed by atoms with Crippen molar-refractivity contribution in [1.82, 2.24) is 9.97 Å². The average molecular weight is 461 g/mol. The lowest BCUT2D eigenvalue weighted by atomic mass is 10.2. The highest BCUT2D eigenvalue weighted by molar-refractivity contribution is 5.72. The molecule has 1 aromatic heterocycles. The maximum atomic E-state index is 5.56. The lowest BCUT2D eigenvalue weighted by Gasteiger charge is -2.33. The first-order chi connectivity index (χ1) is 16.7. The highest BCUT2D eigenvalue weighted by Crippen LogP contribution is 2.31. The molecule has 2 aliphatic rings. The lowest BCUT2D eigenvalue weighted by Crippen LogP contribution is -2.38. The topological polar surface area (TPSA) is 66.0 Å². The van der Waals surface area contributed by atoms with E-state index in [0.717, 1.165) is 69.8 Å². The molecule has 0 amide bonds. The summed E-state index contributed by atoms with van der Waals surface area (Å²) in [7, 11) is 2.02. The molecule has 8 nitrogen and oxygen atoms in total. The molecule has 178 valence electrons. The zero-order valence-electron chi connectivity index (χ0n) is 19.9. The molecule has 0 bridgehead atoms. The van der Waals surface area contributed by atoms with Crippen LogP contribution in [0, 0.1) is 6.92 Å². The van der Waals surface area contributed by atoms with Crippen molar-refractivity contribution in [3.05, 3.63) is 60.3 Å². The first kappa shape index (κ1) is 22.4. The summed E-state index contributed by atoms with van der Waals surface area (Å²) in [6.45, 7) is 8.65. The van der Waals surface area contributed by atoms with Gasteiger partial charge in [-0.15, -0.1) is 0 Å². The van der Waals surface area contributed by atoms with Crippen LogP contribution >= 0.6 is 0 Å². The van der Waals surface area contributed by atoms with E-state index in [4.69, 9.17) is 14.5 Å². The van der Waals surface area contributed by atoms with Crippen LogP contribution in [0.5, 0.6) is 0 Å². The first-order valence-corrected chi connectivity index (χ1v) is 11.9. The van der Waals surface area contributed by atoms with Crippen molar-refractivity contribution in [2.75, 3.05) is 79.7 Å². The fraction of sp³-hybridized carbons (Fsp3) is 0.385. The summed E-state index contributed by atoms with van der Waals surface area (Å²) in [4.78, 5) is 16.1. The molecule has 8 heteroatoms. The molecular weight excluding hydrogens is 428 g/mol. The van der Waals surface area contributed by atoms with Gasteiger partial charge in [0.25, 0.3) is 0 Å². The largest absolute Gasteiger partial charge is 0.378 e. The minimum Gasteiger partial charge on any atom is -0.378 e. The number of anilines is 6. The van der Waals surface area contributed by atoms with E-state index in [2.05, 4.69) is 74.4 Å². The van der Waals surface area contributed by atoms with Gasteiger partial charge in [-0.05, 0) is 43.3 Å². The average Bonchev–Trinajstić information content (AvgIpc) is 2.90. The Labute approximate surface area is 201 Å². The smallest absolute Gasteiger partial charge is 0.229 e. The Kier molecular flexibility index (Phi) is 6.78. The SMILES string of the molecule is Cc1ccc(N(C)c2ccnc(Nc3cc(N4CCOCC4)cc(N4CCOCC4)c3)n2)cc1. The molecular formula is C26H32N6O2. The third-order valence-corrected chi connectivity index (χ3v) is 6.32. The quantitative estimate of drug-likeness (QED) is 0.593. The van der Waals surface area contributed by atoms with E-state index in [1.807, 2.05) is 13.1 Å². The highest BCUT2D eigenvalue weighted by atomic mass is 16.5. The molecule has 1 N–H and O–H groups in total. The second kappa shape index (κ2) is 10.3. The van der Waals surface area contributed by atoms with Gasteiger partial charge in [0, 0.05) is 62.2 Å². The molecule has 5 rings (SSSR count). The number of hydrogen-bond acceptors (Lipinski definition) is 8. The van der Waals surface area contributed by atoms with Crippen LogP contribution in [0.1, 0.15) is 5.56 Å². The number of nitrogens with one attached hydrogen (secondary N) is 1. The highest BCUT2D eigenvalue weighted by Gasteiger charge is 2.17. The Morgan fingerprint density at radius 2 is 1.41 bits per heavy atom. The van der Waals surface area contributed by atoms with Crippen molar-refractivity contribution in [3.8, 4) is 0 Å². The first-order valence-electron chi connectivity index (χ1n) is 11.9. The summed E-state index contributed by atoms with van der Waals surface area (Å²) in [5.41, 5.74) is 5.66. The Hall–Kier alpha value is -3.36. The predicted octanol–water partition coefficient (Wildman–Crippen LogP) is 3.97. The third kappa shape index (κ3) is 5.24. The Balaban J connectivity index is 1.41. The summed E-state index contributed by atoms with van der Waals surface area (Å²) >= 11 is 0. The van der Waals surface area contributed by atoms with Gasteiger partial charge >= 0.3 is 0 Å². The summed E-state index contributed by atoms with van der Waals surface area (Å²) in [6.07, 6.45) is 1.80. The molecule has 2 fully saturated rings. The Bertz CT molecular complexity index is 1060. The number of rotatable bonds is 6. The summed E-state index contributed by atoms with van der Waals surface area (Å²) in [5.74, 6) is 1.41. The van der Waals surface area contributed by atoms with Gasteiger partial charge in [-0.3, -0.25) is 0 Å². The van der Waals surface area contributed by atoms with Crippen LogP contribution in [0.25, 0.3) is 0 Å². The van der Waals surface area contributed by atoms with Crippen molar-refractivity contribution >= 4 is 34.5 Å². The number of nitrogens with zero attached hydrogens (tertiary/aromatic N) is 5. The van der Waals surface area contributed by atoms with Gasteiger partial charge in [-0.2, -0.15) is 4.98 Å². The summed E-state index contributed by atoms with van der Waals surface area (Å²) in [6, 6.07) is 17.0. The van der Waals surface area contributed by atoms with Gasteiger partial charge in [0.15, 0.2) is 0 Å². The van der Waals surface area contributed by atoms with Crippen LogP contribution in [-0.2, 0) is 9.47 Å². The number of ether oxygens (including phenoxy) is 2. The van der Waals surface area contributed by atoms with Gasteiger partial charge in [0.1, 0.15) is 5.82 Å². The molecule has 34 heavy (non-hydrogen) atoms. The normalized spacial score (nSPS) is 16.4. The minimum atomic E-state index is 0.573. The van der Waals surface area contributed by atoms with Crippen LogP contribution in [0.3, 0.4) is 0 Å². The molecule has 2 aromatic carbocycles. The monoisotopic (exact) mass is 460 g/mol. The van der Waals surface area contributed by atoms with E-state index in [1.165, 1.54) is 16.9 Å². The number of hydrogen-bond donors (Lipinski definition) is 1. The van der Waals surface area contributed by atoms with E-state index >= 15 is 0 Å². The maximum absolute atomic E-state index is 5.56. The number of aromatic nitrogens is 2. The molecule has 0 radical (unpaired) electrons.